The second-order valence-corrected chi connectivity index (χ2v) is 16.6. The topological polar surface area (TPSA) is 190 Å². The average Bonchev–Trinajstić information content (AvgIpc) is 3.18. The molecule has 0 spiro atoms. The Bertz CT molecular complexity index is 1440. The van der Waals surface area contributed by atoms with Gasteiger partial charge in [0.2, 0.25) is 11.0 Å². The number of ether oxygens (including phenoxy) is 1. The fourth-order valence-electron chi connectivity index (χ4n) is 4.20. The number of anilines is 2. The van der Waals surface area contributed by atoms with Crippen LogP contribution in [-0.4, -0.2) is 89.6 Å². The van der Waals surface area contributed by atoms with E-state index in [0.717, 1.165) is 23.5 Å². The third kappa shape index (κ3) is 6.76. The maximum absolute atomic E-state index is 15.9. The third-order valence-corrected chi connectivity index (χ3v) is 11.3. The summed E-state index contributed by atoms with van der Waals surface area (Å²) in [6, 6.07) is 0. The number of nitrogen functional groups attached to an aromatic ring is 1. The molecule has 19 heteroatoms. The van der Waals surface area contributed by atoms with Gasteiger partial charge in [-0.2, -0.15) is 9.97 Å². The SMILES string of the molecule is CNc1nc(N)nc2c1ncn2[C@@H]1O[C@]2(Cl)C(OP(=O)(OCCSC(=O)C(C)(C)C)OCCSC(=O)C(C)(C)C)[C@]2(O)[C@@H]1F. The molecule has 2 aromatic heterocycles. The Morgan fingerprint density at radius 2 is 1.70 bits per heavy atom. The van der Waals surface area contributed by atoms with E-state index < -0.39 is 47.8 Å². The standard InChI is InChI=1S/C25H37ClFN6O8PS2/c1-22(2,3)19(34)43-10-8-38-42(37,39-9-11-44-20(35)23(4,5)6)41-18-24(36)14(27)17(40-25(18,24)26)33-12-30-13-15(29-7)31-21(28)32-16(13)33/h12,14,17-18,36H,8-11H2,1-7H3,(H3,28,29,31,32)/t14-,17-,18?,24-,25-/m1/s1. The van der Waals surface area contributed by atoms with Crippen LogP contribution in [0.2, 0.25) is 0 Å². The highest BCUT2D eigenvalue weighted by Gasteiger charge is 2.90. The summed E-state index contributed by atoms with van der Waals surface area (Å²) in [5.74, 6) is 0.415. The molecule has 1 saturated heterocycles. The van der Waals surface area contributed by atoms with Gasteiger partial charge in [-0.25, -0.2) is 13.9 Å². The number of halogens is 2. The van der Waals surface area contributed by atoms with Crippen LogP contribution in [0.25, 0.3) is 11.2 Å². The lowest BCUT2D eigenvalue weighted by Gasteiger charge is -2.24. The van der Waals surface area contributed by atoms with E-state index in [1.807, 2.05) is 0 Å². The minimum absolute atomic E-state index is 0.109. The fraction of sp³-hybridized carbons (Fsp3) is 0.720. The number of hydrogen-bond donors (Lipinski definition) is 3. The van der Waals surface area contributed by atoms with Crippen molar-refractivity contribution < 1.29 is 42.0 Å². The van der Waals surface area contributed by atoms with Gasteiger partial charge in [-0.1, -0.05) is 76.7 Å². The Hall–Kier alpha value is -1.56. The van der Waals surface area contributed by atoms with E-state index in [1.54, 1.807) is 48.6 Å². The molecule has 0 aromatic carbocycles. The summed E-state index contributed by atoms with van der Waals surface area (Å²) in [5.41, 5.74) is 2.52. The van der Waals surface area contributed by atoms with Crippen LogP contribution in [0.3, 0.4) is 0 Å². The second kappa shape index (κ2) is 12.6. The molecular weight excluding hydrogens is 662 g/mol. The highest BCUT2D eigenvalue weighted by atomic mass is 35.5. The second-order valence-electron chi connectivity index (χ2n) is 12.3. The van der Waals surface area contributed by atoms with Gasteiger partial charge < -0.3 is 20.9 Å². The van der Waals surface area contributed by atoms with Crippen molar-refractivity contribution in [2.45, 2.75) is 70.7 Å². The minimum Gasteiger partial charge on any atom is -0.379 e. The minimum atomic E-state index is -4.52. The smallest absolute Gasteiger partial charge is 0.379 e. The molecule has 0 radical (unpaired) electrons. The number of aliphatic hydroxyl groups is 1. The number of nitrogens with two attached hydrogens (primary N) is 1. The molecule has 1 aliphatic heterocycles. The van der Waals surface area contributed by atoms with Crippen molar-refractivity contribution in [1.82, 2.24) is 19.5 Å². The summed E-state index contributed by atoms with van der Waals surface area (Å²) < 4.78 is 53.0. The van der Waals surface area contributed by atoms with Gasteiger partial charge in [-0.05, 0) is 0 Å². The van der Waals surface area contributed by atoms with Crippen molar-refractivity contribution >= 4 is 76.1 Å². The summed E-state index contributed by atoms with van der Waals surface area (Å²) in [6.45, 7) is 10.1. The molecule has 1 aliphatic carbocycles. The number of nitrogens with zero attached hydrogens (tertiary/aromatic N) is 4. The maximum Gasteiger partial charge on any atom is 0.475 e. The monoisotopic (exact) mass is 698 g/mol. The van der Waals surface area contributed by atoms with Crippen molar-refractivity contribution in [2.24, 2.45) is 10.8 Å². The Labute approximate surface area is 267 Å². The summed E-state index contributed by atoms with van der Waals surface area (Å²) in [6.07, 6.45) is -4.12. The molecule has 5 atom stereocenters. The number of hydrogen-bond acceptors (Lipinski definition) is 15. The van der Waals surface area contributed by atoms with Crippen molar-refractivity contribution in [1.29, 1.82) is 0 Å². The van der Waals surface area contributed by atoms with Gasteiger partial charge in [0.1, 0.15) is 0 Å². The first-order chi connectivity index (χ1) is 20.3. The van der Waals surface area contributed by atoms with E-state index in [4.69, 9.17) is 35.6 Å². The molecule has 4 N–H and O–H groups in total. The molecular formula is C25H37ClFN6O8PS2. The van der Waals surface area contributed by atoms with E-state index in [1.165, 1.54) is 10.9 Å². The number of aromatic nitrogens is 4. The van der Waals surface area contributed by atoms with Crippen molar-refractivity contribution in [3.05, 3.63) is 6.33 Å². The number of carbonyl (C=O) groups excluding carboxylic acids is 2. The van der Waals surface area contributed by atoms with E-state index >= 15 is 4.39 Å². The zero-order chi connectivity index (χ0) is 32.9. The quantitative estimate of drug-likeness (QED) is 0.163. The molecule has 44 heavy (non-hydrogen) atoms. The Balaban J connectivity index is 1.48. The molecule has 0 amide bonds. The van der Waals surface area contributed by atoms with Crippen LogP contribution in [-0.2, 0) is 32.5 Å². The lowest BCUT2D eigenvalue weighted by Crippen LogP contribution is -2.34. The Morgan fingerprint density at radius 1 is 1.16 bits per heavy atom. The summed E-state index contributed by atoms with van der Waals surface area (Å²) in [7, 11) is -2.92. The fourth-order valence-corrected chi connectivity index (χ4v) is 7.92. The highest BCUT2D eigenvalue weighted by Crippen LogP contribution is 2.71. The number of fused-ring (bicyclic) bond motifs is 2. The largest absolute Gasteiger partial charge is 0.475 e. The van der Waals surface area contributed by atoms with Crippen LogP contribution in [0.5, 0.6) is 0 Å². The van der Waals surface area contributed by atoms with Gasteiger partial charge in [0.05, 0.1) is 19.5 Å². The number of imidazole rings is 1. The number of thioether (sulfide) groups is 2. The number of alkyl halides is 2. The summed E-state index contributed by atoms with van der Waals surface area (Å²) in [4.78, 5) is 36.9. The van der Waals surface area contributed by atoms with Gasteiger partial charge in [-0.3, -0.25) is 27.7 Å². The van der Waals surface area contributed by atoms with Crippen LogP contribution < -0.4 is 11.1 Å². The van der Waals surface area contributed by atoms with Crippen molar-refractivity contribution in [3.8, 4) is 0 Å². The molecule has 1 saturated carbocycles. The normalized spacial score (nSPS) is 27.0. The van der Waals surface area contributed by atoms with E-state index in [2.05, 4.69) is 20.3 Å². The number of phosphoric acid groups is 1. The molecule has 0 bridgehead atoms. The molecule has 2 aliphatic rings. The van der Waals surface area contributed by atoms with Gasteiger partial charge in [0.15, 0.2) is 51.3 Å². The first-order valence-electron chi connectivity index (χ1n) is 13.6. The molecule has 14 nitrogen and oxygen atoms in total. The predicted octanol–water partition coefficient (Wildman–Crippen LogP) is 4.14. The molecule has 1 unspecified atom stereocenters. The maximum atomic E-state index is 15.9. The predicted molar refractivity (Wildman–Crippen MR) is 166 cm³/mol. The third-order valence-electron chi connectivity index (χ3n) is 6.70. The van der Waals surface area contributed by atoms with Gasteiger partial charge in [0, 0.05) is 29.4 Å². The van der Waals surface area contributed by atoms with E-state index in [-0.39, 0.29) is 52.1 Å². The first-order valence-corrected chi connectivity index (χ1v) is 17.4. The number of phosphoric ester groups is 1. The Morgan fingerprint density at radius 3 is 2.16 bits per heavy atom. The number of carbonyl (C=O) groups is 2. The lowest BCUT2D eigenvalue weighted by molar-refractivity contribution is -0.118. The number of rotatable bonds is 12. The Kier molecular flexibility index (Phi) is 10.1. The van der Waals surface area contributed by atoms with Gasteiger partial charge >= 0.3 is 7.82 Å². The van der Waals surface area contributed by atoms with Gasteiger partial charge in [0.25, 0.3) is 0 Å². The van der Waals surface area contributed by atoms with Crippen LogP contribution in [0.15, 0.2) is 6.33 Å². The van der Waals surface area contributed by atoms with E-state index in [9.17, 15) is 19.3 Å². The number of nitrogens with one attached hydrogen (secondary N) is 1. The van der Waals surface area contributed by atoms with Crippen molar-refractivity contribution in [3.63, 3.8) is 0 Å². The van der Waals surface area contributed by atoms with Crippen LogP contribution in [0.1, 0.15) is 47.8 Å². The van der Waals surface area contributed by atoms with Crippen molar-refractivity contribution in [2.75, 3.05) is 42.8 Å². The van der Waals surface area contributed by atoms with Crippen LogP contribution in [0.4, 0.5) is 16.2 Å². The van der Waals surface area contributed by atoms with E-state index in [0.29, 0.717) is 5.82 Å². The van der Waals surface area contributed by atoms with Gasteiger partial charge in [-0.15, -0.1) is 0 Å². The average molecular weight is 699 g/mol. The first kappa shape index (κ1) is 35.3. The molecule has 246 valence electrons. The molecule has 4 rings (SSSR count). The molecule has 2 fully saturated rings. The highest BCUT2D eigenvalue weighted by molar-refractivity contribution is 8.14. The zero-order valence-electron chi connectivity index (χ0n) is 25.3. The van der Waals surface area contributed by atoms with Crippen LogP contribution >= 0.6 is 42.9 Å². The molecule has 3 heterocycles. The zero-order valence-corrected chi connectivity index (χ0v) is 28.6. The summed E-state index contributed by atoms with van der Waals surface area (Å²) in [5, 5.41) is 11.7. The molecule has 2 aromatic rings. The lowest BCUT2D eigenvalue weighted by atomic mass is 9.99. The summed E-state index contributed by atoms with van der Waals surface area (Å²) >= 11 is 8.49. The van der Waals surface area contributed by atoms with Crippen LogP contribution in [0, 0.1) is 10.8 Å².